The third-order valence-corrected chi connectivity index (χ3v) is 2.66. The van der Waals surface area contributed by atoms with Gasteiger partial charge in [-0.1, -0.05) is 12.1 Å². The molecule has 0 amide bonds. The summed E-state index contributed by atoms with van der Waals surface area (Å²) in [6.45, 7) is 1.29. The van der Waals surface area contributed by atoms with Gasteiger partial charge in [-0.15, -0.1) is 0 Å². The second-order valence-corrected chi connectivity index (χ2v) is 4.08. The van der Waals surface area contributed by atoms with Crippen molar-refractivity contribution in [3.05, 3.63) is 65.2 Å². The van der Waals surface area contributed by atoms with Crippen LogP contribution in [0.1, 0.15) is 22.8 Å². The first-order valence-corrected chi connectivity index (χ1v) is 5.74. The fourth-order valence-corrected chi connectivity index (χ4v) is 1.69. The van der Waals surface area contributed by atoms with E-state index in [9.17, 15) is 13.6 Å². The van der Waals surface area contributed by atoms with E-state index in [0.29, 0.717) is 11.3 Å². The molecule has 0 N–H and O–H groups in total. The molecule has 0 atom stereocenters. The van der Waals surface area contributed by atoms with Gasteiger partial charge < -0.3 is 4.74 Å². The minimum Gasteiger partial charge on any atom is -0.488 e. The van der Waals surface area contributed by atoms with Crippen LogP contribution in [0.5, 0.6) is 5.75 Å². The van der Waals surface area contributed by atoms with E-state index in [-0.39, 0.29) is 18.0 Å². The Balaban J connectivity index is 2.19. The van der Waals surface area contributed by atoms with Crippen molar-refractivity contribution in [3.8, 4) is 5.75 Å². The van der Waals surface area contributed by atoms with Gasteiger partial charge in [-0.25, -0.2) is 8.78 Å². The van der Waals surface area contributed by atoms with Gasteiger partial charge in [-0.2, -0.15) is 0 Å². The third kappa shape index (κ3) is 3.16. The van der Waals surface area contributed by atoms with Crippen molar-refractivity contribution in [3.63, 3.8) is 0 Å². The number of carbonyl (C=O) groups is 1. The highest BCUT2D eigenvalue weighted by atomic mass is 19.1. The minimum atomic E-state index is -0.540. The van der Waals surface area contributed by atoms with Gasteiger partial charge in [0.2, 0.25) is 0 Å². The SMILES string of the molecule is CC(=O)c1ccccc1OCc1cc(F)ccc1F. The summed E-state index contributed by atoms with van der Waals surface area (Å²) >= 11 is 0. The lowest BCUT2D eigenvalue weighted by Gasteiger charge is -2.10. The van der Waals surface area contributed by atoms with Crippen molar-refractivity contribution >= 4 is 5.78 Å². The number of benzene rings is 2. The number of halogens is 2. The molecule has 2 aromatic carbocycles. The Morgan fingerprint density at radius 2 is 1.89 bits per heavy atom. The van der Waals surface area contributed by atoms with Crippen molar-refractivity contribution in [2.75, 3.05) is 0 Å². The molecule has 0 fully saturated rings. The molecule has 0 aliphatic carbocycles. The first kappa shape index (κ1) is 13.2. The van der Waals surface area contributed by atoms with Gasteiger partial charge in [0.25, 0.3) is 0 Å². The van der Waals surface area contributed by atoms with Gasteiger partial charge in [0.1, 0.15) is 24.0 Å². The summed E-state index contributed by atoms with van der Waals surface area (Å²) in [6, 6.07) is 9.84. The number of hydrogen-bond acceptors (Lipinski definition) is 2. The van der Waals surface area contributed by atoms with E-state index in [1.165, 1.54) is 6.92 Å². The first-order chi connectivity index (χ1) is 9.08. The average molecular weight is 262 g/mol. The molecule has 2 aromatic rings. The Hall–Kier alpha value is -2.23. The highest BCUT2D eigenvalue weighted by molar-refractivity contribution is 5.96. The zero-order valence-electron chi connectivity index (χ0n) is 10.3. The molecule has 19 heavy (non-hydrogen) atoms. The van der Waals surface area contributed by atoms with Gasteiger partial charge >= 0.3 is 0 Å². The lowest BCUT2D eigenvalue weighted by atomic mass is 10.1. The van der Waals surface area contributed by atoms with Crippen LogP contribution in [0.3, 0.4) is 0 Å². The van der Waals surface area contributed by atoms with Gasteiger partial charge in [0, 0.05) is 5.56 Å². The van der Waals surface area contributed by atoms with Crippen molar-refractivity contribution in [1.82, 2.24) is 0 Å². The van der Waals surface area contributed by atoms with Crippen LogP contribution in [0.15, 0.2) is 42.5 Å². The first-order valence-electron chi connectivity index (χ1n) is 5.74. The molecule has 98 valence electrons. The Kier molecular flexibility index (Phi) is 3.90. The van der Waals surface area contributed by atoms with Gasteiger partial charge in [0.05, 0.1) is 5.56 Å². The quantitative estimate of drug-likeness (QED) is 0.784. The standard InChI is InChI=1S/C15H12F2O2/c1-10(18)13-4-2-3-5-15(13)19-9-11-8-12(16)6-7-14(11)17/h2-8H,9H2,1H3. The summed E-state index contributed by atoms with van der Waals surface area (Å²) in [5.74, 6) is -0.851. The summed E-state index contributed by atoms with van der Waals surface area (Å²) in [7, 11) is 0. The van der Waals surface area contributed by atoms with Gasteiger partial charge in [-0.3, -0.25) is 4.79 Å². The summed E-state index contributed by atoms with van der Waals surface area (Å²) in [5.41, 5.74) is 0.526. The molecule has 0 aliphatic heterocycles. The van der Waals surface area contributed by atoms with Crippen LogP contribution in [-0.4, -0.2) is 5.78 Å². The summed E-state index contributed by atoms with van der Waals surface area (Å²) < 4.78 is 31.8. The highest BCUT2D eigenvalue weighted by Crippen LogP contribution is 2.20. The number of rotatable bonds is 4. The lowest BCUT2D eigenvalue weighted by molar-refractivity contribution is 0.101. The average Bonchev–Trinajstić information content (AvgIpc) is 2.40. The number of para-hydroxylation sites is 1. The smallest absolute Gasteiger partial charge is 0.163 e. The van der Waals surface area contributed by atoms with E-state index in [1.807, 2.05) is 0 Å². The van der Waals surface area contributed by atoms with E-state index in [2.05, 4.69) is 0 Å². The zero-order chi connectivity index (χ0) is 13.8. The van der Waals surface area contributed by atoms with Crippen LogP contribution in [0.2, 0.25) is 0 Å². The second-order valence-electron chi connectivity index (χ2n) is 4.08. The van der Waals surface area contributed by atoms with Crippen LogP contribution >= 0.6 is 0 Å². The van der Waals surface area contributed by atoms with Crippen LogP contribution in [0.4, 0.5) is 8.78 Å². The fourth-order valence-electron chi connectivity index (χ4n) is 1.69. The van der Waals surface area contributed by atoms with E-state index in [0.717, 1.165) is 18.2 Å². The Labute approximate surface area is 109 Å². The van der Waals surface area contributed by atoms with Gasteiger partial charge in [-0.05, 0) is 37.3 Å². The molecular formula is C15H12F2O2. The molecule has 4 heteroatoms. The maximum atomic E-state index is 13.4. The summed E-state index contributed by atoms with van der Waals surface area (Å²) in [6.07, 6.45) is 0. The van der Waals surface area contributed by atoms with E-state index >= 15 is 0 Å². The molecule has 0 aliphatic rings. The maximum absolute atomic E-state index is 13.4. The number of Topliss-reactive ketones (excluding diaryl/α,β-unsaturated/α-hetero) is 1. The Morgan fingerprint density at radius 3 is 2.63 bits per heavy atom. The highest BCUT2D eigenvalue weighted by Gasteiger charge is 2.09. The molecule has 2 rings (SSSR count). The molecule has 0 spiro atoms. The van der Waals surface area contributed by atoms with E-state index in [1.54, 1.807) is 24.3 Å². The normalized spacial score (nSPS) is 10.3. The number of carbonyl (C=O) groups excluding carboxylic acids is 1. The van der Waals surface area contributed by atoms with E-state index in [4.69, 9.17) is 4.74 Å². The Bertz CT molecular complexity index is 609. The summed E-state index contributed by atoms with van der Waals surface area (Å²) in [5, 5.41) is 0. The number of ether oxygens (including phenoxy) is 1. The Morgan fingerprint density at radius 1 is 1.16 bits per heavy atom. The fraction of sp³-hybridized carbons (Fsp3) is 0.133. The molecule has 0 aromatic heterocycles. The predicted octanol–water partition coefficient (Wildman–Crippen LogP) is 3.75. The van der Waals surface area contributed by atoms with Crippen LogP contribution < -0.4 is 4.74 Å². The summed E-state index contributed by atoms with van der Waals surface area (Å²) in [4.78, 5) is 11.4. The molecule has 0 bridgehead atoms. The predicted molar refractivity (Wildman–Crippen MR) is 67.1 cm³/mol. The lowest BCUT2D eigenvalue weighted by Crippen LogP contribution is -2.03. The van der Waals surface area contributed by atoms with Gasteiger partial charge in [0.15, 0.2) is 5.78 Å². The maximum Gasteiger partial charge on any atom is 0.163 e. The van der Waals surface area contributed by atoms with Crippen molar-refractivity contribution in [1.29, 1.82) is 0 Å². The van der Waals surface area contributed by atoms with Crippen LogP contribution in [-0.2, 0) is 6.61 Å². The molecular weight excluding hydrogens is 250 g/mol. The molecule has 0 unspecified atom stereocenters. The zero-order valence-corrected chi connectivity index (χ0v) is 10.3. The van der Waals surface area contributed by atoms with E-state index < -0.39 is 11.6 Å². The molecule has 0 saturated carbocycles. The number of hydrogen-bond donors (Lipinski definition) is 0. The number of ketones is 1. The molecule has 0 heterocycles. The second kappa shape index (κ2) is 5.61. The van der Waals surface area contributed by atoms with Crippen molar-refractivity contribution in [2.24, 2.45) is 0 Å². The minimum absolute atomic E-state index is 0.110. The van der Waals surface area contributed by atoms with Crippen LogP contribution in [0.25, 0.3) is 0 Å². The topological polar surface area (TPSA) is 26.3 Å². The third-order valence-electron chi connectivity index (χ3n) is 2.66. The molecule has 2 nitrogen and oxygen atoms in total. The van der Waals surface area contributed by atoms with Crippen LogP contribution in [0, 0.1) is 11.6 Å². The molecule has 0 radical (unpaired) electrons. The molecule has 0 saturated heterocycles. The largest absolute Gasteiger partial charge is 0.488 e. The monoisotopic (exact) mass is 262 g/mol. The van der Waals surface area contributed by atoms with Crippen molar-refractivity contribution < 1.29 is 18.3 Å². The van der Waals surface area contributed by atoms with Crippen molar-refractivity contribution in [2.45, 2.75) is 13.5 Å².